The molecule has 0 aliphatic carbocycles. The number of hydrogen-bond donors (Lipinski definition) is 1. The first-order valence-electron chi connectivity index (χ1n) is 6.43. The van der Waals surface area contributed by atoms with Gasteiger partial charge in [0.25, 0.3) is 0 Å². The van der Waals surface area contributed by atoms with Crippen LogP contribution in [0.15, 0.2) is 60.7 Å². The zero-order chi connectivity index (χ0) is 15.1. The van der Waals surface area contributed by atoms with E-state index in [0.717, 1.165) is 11.3 Å². The van der Waals surface area contributed by atoms with Crippen LogP contribution in [0.1, 0.15) is 11.8 Å². The predicted octanol–water partition coefficient (Wildman–Crippen LogP) is 4.21. The summed E-state index contributed by atoms with van der Waals surface area (Å²) in [5.41, 5.74) is 1.65. The van der Waals surface area contributed by atoms with Crippen molar-refractivity contribution in [2.75, 3.05) is 19.5 Å². The minimum Gasteiger partial charge on any atom is -0.356 e. The van der Waals surface area contributed by atoms with Gasteiger partial charge in [0, 0.05) is 25.5 Å². The summed E-state index contributed by atoms with van der Waals surface area (Å²) >= 11 is 0. The van der Waals surface area contributed by atoms with Gasteiger partial charge >= 0.3 is 7.82 Å². The van der Waals surface area contributed by atoms with E-state index in [0.29, 0.717) is 0 Å². The molecule has 112 valence electrons. The molecule has 0 bridgehead atoms. The third kappa shape index (κ3) is 4.41. The lowest BCUT2D eigenvalue weighted by molar-refractivity contribution is 0.118. The molecule has 0 aromatic heterocycles. The number of rotatable bonds is 7. The zero-order valence-corrected chi connectivity index (χ0v) is 12.8. The van der Waals surface area contributed by atoms with Gasteiger partial charge in [-0.05, 0) is 12.1 Å². The first-order chi connectivity index (χ1) is 10.2. The summed E-state index contributed by atoms with van der Waals surface area (Å²) in [6, 6.07) is 18.9. The minimum absolute atomic E-state index is 0.653. The summed E-state index contributed by atoms with van der Waals surface area (Å²) in [7, 11) is -1.03. The van der Waals surface area contributed by atoms with E-state index < -0.39 is 14.1 Å². The number of phosphoric ester groups is 1. The van der Waals surface area contributed by atoms with Gasteiger partial charge in [-0.25, -0.2) is 4.57 Å². The van der Waals surface area contributed by atoms with Gasteiger partial charge in [0.2, 0.25) is 0 Å². The highest BCUT2D eigenvalue weighted by atomic mass is 31.2. The molecule has 1 atom stereocenters. The van der Waals surface area contributed by atoms with E-state index in [1.165, 1.54) is 14.2 Å². The van der Waals surface area contributed by atoms with Crippen LogP contribution in [0.25, 0.3) is 0 Å². The molecule has 0 saturated carbocycles. The summed E-state index contributed by atoms with van der Waals surface area (Å²) in [5, 5.41) is 3.17. The SMILES string of the molecule is COP(=O)(OC)OC(Nc1ccccc1)c1ccccc1. The first-order valence-corrected chi connectivity index (χ1v) is 7.89. The second-order valence-electron chi connectivity index (χ2n) is 4.22. The molecule has 2 rings (SSSR count). The van der Waals surface area contributed by atoms with Crippen molar-refractivity contribution in [3.63, 3.8) is 0 Å². The van der Waals surface area contributed by atoms with Crippen molar-refractivity contribution in [3.8, 4) is 0 Å². The van der Waals surface area contributed by atoms with Gasteiger partial charge in [-0.3, -0.25) is 13.6 Å². The van der Waals surface area contributed by atoms with E-state index >= 15 is 0 Å². The van der Waals surface area contributed by atoms with Gasteiger partial charge in [-0.15, -0.1) is 0 Å². The van der Waals surface area contributed by atoms with Crippen molar-refractivity contribution >= 4 is 13.5 Å². The molecule has 0 amide bonds. The molecule has 0 aliphatic heterocycles. The van der Waals surface area contributed by atoms with Crippen LogP contribution in [0.5, 0.6) is 0 Å². The minimum atomic E-state index is -3.60. The molecule has 0 aliphatic rings. The standard InChI is InChI=1S/C15H18NO4P/c1-18-21(17,19-2)20-15(13-9-5-3-6-10-13)16-14-11-7-4-8-12-14/h3-12,15-16H,1-2H3. The fourth-order valence-electron chi connectivity index (χ4n) is 1.77. The summed E-state index contributed by atoms with van der Waals surface area (Å²) in [5.74, 6) is 0. The molecule has 5 nitrogen and oxygen atoms in total. The van der Waals surface area contributed by atoms with Gasteiger partial charge in [-0.1, -0.05) is 48.5 Å². The molecular formula is C15H18NO4P. The number of para-hydroxylation sites is 1. The molecule has 6 heteroatoms. The van der Waals surface area contributed by atoms with Crippen LogP contribution in [-0.2, 0) is 18.1 Å². The molecule has 2 aromatic rings. The highest BCUT2D eigenvalue weighted by Gasteiger charge is 2.29. The Morgan fingerprint density at radius 3 is 1.95 bits per heavy atom. The maximum absolute atomic E-state index is 12.2. The Kier molecular flexibility index (Phi) is 5.53. The fraction of sp³-hybridized carbons (Fsp3) is 0.200. The van der Waals surface area contributed by atoms with Crippen molar-refractivity contribution in [2.45, 2.75) is 6.23 Å². The van der Waals surface area contributed by atoms with Crippen LogP contribution in [0.4, 0.5) is 5.69 Å². The molecule has 0 saturated heterocycles. The van der Waals surface area contributed by atoms with Gasteiger partial charge in [0.15, 0.2) is 6.23 Å². The average Bonchev–Trinajstić information content (AvgIpc) is 2.56. The number of hydrogen-bond acceptors (Lipinski definition) is 5. The quantitative estimate of drug-likeness (QED) is 0.613. The Labute approximate surface area is 124 Å². The van der Waals surface area contributed by atoms with Crippen molar-refractivity contribution < 1.29 is 18.1 Å². The third-order valence-electron chi connectivity index (χ3n) is 2.86. The van der Waals surface area contributed by atoms with Crippen LogP contribution in [0.3, 0.4) is 0 Å². The number of phosphoric acid groups is 1. The van der Waals surface area contributed by atoms with E-state index in [9.17, 15) is 4.57 Å². The number of anilines is 1. The maximum Gasteiger partial charge on any atom is 0.476 e. The molecular weight excluding hydrogens is 289 g/mol. The summed E-state index contributed by atoms with van der Waals surface area (Å²) in [4.78, 5) is 0. The van der Waals surface area contributed by atoms with Crippen LogP contribution in [0.2, 0.25) is 0 Å². The molecule has 1 unspecified atom stereocenters. The third-order valence-corrected chi connectivity index (χ3v) is 4.22. The van der Waals surface area contributed by atoms with E-state index in [-0.39, 0.29) is 0 Å². The Morgan fingerprint density at radius 2 is 1.43 bits per heavy atom. The van der Waals surface area contributed by atoms with Crippen molar-refractivity contribution in [2.24, 2.45) is 0 Å². The van der Waals surface area contributed by atoms with E-state index in [1.807, 2.05) is 60.7 Å². The van der Waals surface area contributed by atoms with Crippen LogP contribution >= 0.6 is 7.82 Å². The van der Waals surface area contributed by atoms with E-state index in [1.54, 1.807) is 0 Å². The van der Waals surface area contributed by atoms with Crippen LogP contribution in [-0.4, -0.2) is 14.2 Å². The molecule has 1 N–H and O–H groups in total. The largest absolute Gasteiger partial charge is 0.476 e. The smallest absolute Gasteiger partial charge is 0.356 e. The van der Waals surface area contributed by atoms with Gasteiger partial charge in [0.1, 0.15) is 0 Å². The highest BCUT2D eigenvalue weighted by molar-refractivity contribution is 7.48. The lowest BCUT2D eigenvalue weighted by Crippen LogP contribution is -2.14. The Hall–Kier alpha value is -1.65. The number of nitrogens with one attached hydrogen (secondary N) is 1. The Bertz CT molecular complexity index is 583. The topological polar surface area (TPSA) is 56.8 Å². The second kappa shape index (κ2) is 7.38. The summed E-state index contributed by atoms with van der Waals surface area (Å²) < 4.78 is 27.4. The monoisotopic (exact) mass is 307 g/mol. The average molecular weight is 307 g/mol. The highest BCUT2D eigenvalue weighted by Crippen LogP contribution is 2.51. The summed E-state index contributed by atoms with van der Waals surface area (Å²) in [6.07, 6.45) is -0.653. The second-order valence-corrected chi connectivity index (χ2v) is 6.05. The van der Waals surface area contributed by atoms with E-state index in [4.69, 9.17) is 13.6 Å². The molecule has 0 spiro atoms. The Morgan fingerprint density at radius 1 is 0.905 bits per heavy atom. The molecule has 0 radical (unpaired) electrons. The molecule has 0 fully saturated rings. The molecule has 0 heterocycles. The van der Waals surface area contributed by atoms with E-state index in [2.05, 4.69) is 5.32 Å². The molecule has 2 aromatic carbocycles. The predicted molar refractivity (Wildman–Crippen MR) is 82.0 cm³/mol. The lowest BCUT2D eigenvalue weighted by Gasteiger charge is -2.24. The maximum atomic E-state index is 12.2. The van der Waals surface area contributed by atoms with Crippen molar-refractivity contribution in [1.29, 1.82) is 0 Å². The van der Waals surface area contributed by atoms with Gasteiger partial charge in [-0.2, -0.15) is 0 Å². The van der Waals surface area contributed by atoms with Crippen LogP contribution in [0, 0.1) is 0 Å². The fourth-order valence-corrected chi connectivity index (χ4v) is 2.53. The van der Waals surface area contributed by atoms with Crippen LogP contribution < -0.4 is 5.32 Å². The van der Waals surface area contributed by atoms with Gasteiger partial charge < -0.3 is 5.32 Å². The summed E-state index contributed by atoms with van der Waals surface area (Å²) in [6.45, 7) is 0. The molecule has 21 heavy (non-hydrogen) atoms. The number of benzene rings is 2. The first kappa shape index (κ1) is 15.7. The Balaban J connectivity index is 2.25. The zero-order valence-electron chi connectivity index (χ0n) is 11.9. The normalized spacial score (nSPS) is 12.9. The van der Waals surface area contributed by atoms with Gasteiger partial charge in [0.05, 0.1) is 0 Å². The lowest BCUT2D eigenvalue weighted by atomic mass is 10.2. The van der Waals surface area contributed by atoms with Crippen molar-refractivity contribution in [1.82, 2.24) is 0 Å². The van der Waals surface area contributed by atoms with Crippen molar-refractivity contribution in [3.05, 3.63) is 66.2 Å².